The van der Waals surface area contributed by atoms with Gasteiger partial charge in [-0.25, -0.2) is 8.42 Å². The summed E-state index contributed by atoms with van der Waals surface area (Å²) in [5.74, 6) is -0.0806. The van der Waals surface area contributed by atoms with E-state index in [-0.39, 0.29) is 12.4 Å². The van der Waals surface area contributed by atoms with Crippen molar-refractivity contribution in [2.45, 2.75) is 19.6 Å². The minimum absolute atomic E-state index is 0.0806. The molecule has 5 heteroatoms. The molecule has 3 nitrogen and oxygen atoms in total. The Kier molecular flexibility index (Phi) is 3.06. The molecule has 0 aromatic rings. The lowest BCUT2D eigenvalue weighted by atomic mass is 10.9. The van der Waals surface area contributed by atoms with E-state index in [0.29, 0.717) is 0 Å². The topological polar surface area (TPSA) is 54.4 Å². The summed E-state index contributed by atoms with van der Waals surface area (Å²) in [5, 5.41) is 8.41. The van der Waals surface area contributed by atoms with Gasteiger partial charge in [0.15, 0.2) is 7.22 Å². The highest BCUT2D eigenvalue weighted by Crippen LogP contribution is 2.10. The minimum atomic E-state index is -2.96. The summed E-state index contributed by atoms with van der Waals surface area (Å²) in [6.45, 7) is 5.03. The lowest BCUT2D eigenvalue weighted by Gasteiger charge is -2.14. The van der Waals surface area contributed by atoms with Gasteiger partial charge in [-0.2, -0.15) is 0 Å². The Hall–Kier alpha value is 0.127. The fourth-order valence-corrected chi connectivity index (χ4v) is 3.39. The fourth-order valence-electron chi connectivity index (χ4n) is 0.426. The summed E-state index contributed by atoms with van der Waals surface area (Å²) in [6.07, 6.45) is 0. The molecular formula is C5H14O3SSi. The predicted molar refractivity (Wildman–Crippen MR) is 44.2 cm³/mol. The highest BCUT2D eigenvalue weighted by molar-refractivity contribution is 8.21. The van der Waals surface area contributed by atoms with Crippen LogP contribution in [-0.2, 0) is 9.29 Å². The first-order valence-electron chi connectivity index (χ1n) is 3.14. The molecule has 62 valence electrons. The zero-order chi connectivity index (χ0) is 8.41. The van der Waals surface area contributed by atoms with E-state index in [0.717, 1.165) is 0 Å². The molecule has 0 saturated carbocycles. The maximum absolute atomic E-state index is 11.2. The van der Waals surface area contributed by atoms with Crippen molar-refractivity contribution >= 4 is 16.5 Å². The zero-order valence-corrected chi connectivity index (χ0v) is 8.40. The molecule has 0 fully saturated rings. The summed E-state index contributed by atoms with van der Waals surface area (Å²) >= 11 is 0. The van der Waals surface area contributed by atoms with Gasteiger partial charge < -0.3 is 5.11 Å². The van der Waals surface area contributed by atoms with Crippen LogP contribution in [0, 0.1) is 0 Å². The third-order valence-corrected chi connectivity index (χ3v) is 10.1. The molecule has 1 N–H and O–H groups in total. The van der Waals surface area contributed by atoms with Gasteiger partial charge >= 0.3 is 0 Å². The van der Waals surface area contributed by atoms with Crippen LogP contribution in [0.5, 0.6) is 0 Å². The van der Waals surface area contributed by atoms with Gasteiger partial charge in [-0.3, -0.25) is 0 Å². The Morgan fingerprint density at radius 2 is 1.70 bits per heavy atom. The molecule has 0 aliphatic rings. The molecule has 0 unspecified atom stereocenters. The monoisotopic (exact) mass is 182 g/mol. The Balaban J connectivity index is 4.44. The highest BCUT2D eigenvalue weighted by Gasteiger charge is 2.30. The fraction of sp³-hybridized carbons (Fsp3) is 1.00. The van der Waals surface area contributed by atoms with Gasteiger partial charge in [0, 0.05) is 0 Å². The van der Waals surface area contributed by atoms with Gasteiger partial charge in [-0.1, -0.05) is 19.6 Å². The van der Waals surface area contributed by atoms with Crippen LogP contribution in [0.1, 0.15) is 0 Å². The number of aliphatic hydroxyl groups excluding tert-OH is 1. The van der Waals surface area contributed by atoms with Crippen molar-refractivity contribution in [2.24, 2.45) is 0 Å². The van der Waals surface area contributed by atoms with Gasteiger partial charge in [0.25, 0.3) is 0 Å². The van der Waals surface area contributed by atoms with Crippen LogP contribution >= 0.6 is 0 Å². The van der Waals surface area contributed by atoms with Crippen molar-refractivity contribution in [3.63, 3.8) is 0 Å². The molecule has 0 heterocycles. The second-order valence-corrected chi connectivity index (χ2v) is 14.6. The van der Waals surface area contributed by atoms with Gasteiger partial charge in [0.1, 0.15) is 9.29 Å². The molecule has 0 bridgehead atoms. The van der Waals surface area contributed by atoms with Crippen LogP contribution in [0.25, 0.3) is 0 Å². The normalized spacial score (nSPS) is 13.6. The molecule has 0 rings (SSSR count). The standard InChI is InChI=1S/C5H14O3SSi/c1-10(2,3)9(7,8)5-4-6/h6H,4-5H2,1-3H3. The molecule has 0 amide bonds. The maximum Gasteiger partial charge on any atom is 0.186 e. The molecular weight excluding hydrogens is 168 g/mol. The number of rotatable bonds is 3. The van der Waals surface area contributed by atoms with Crippen LogP contribution in [0.3, 0.4) is 0 Å². The first kappa shape index (κ1) is 10.1. The van der Waals surface area contributed by atoms with E-state index in [9.17, 15) is 8.42 Å². The lowest BCUT2D eigenvalue weighted by molar-refractivity contribution is 0.320. The van der Waals surface area contributed by atoms with E-state index in [2.05, 4.69) is 0 Å². The van der Waals surface area contributed by atoms with E-state index in [4.69, 9.17) is 5.11 Å². The Labute approximate surface area is 62.6 Å². The van der Waals surface area contributed by atoms with Crippen molar-refractivity contribution in [3.8, 4) is 0 Å². The lowest BCUT2D eigenvalue weighted by Crippen LogP contribution is -2.36. The van der Waals surface area contributed by atoms with Gasteiger partial charge in [-0.05, 0) is 0 Å². The average Bonchev–Trinajstić information content (AvgIpc) is 1.61. The molecule has 0 aromatic carbocycles. The summed E-state index contributed by atoms with van der Waals surface area (Å²) in [6, 6.07) is 0. The molecule has 0 saturated heterocycles. The summed E-state index contributed by atoms with van der Waals surface area (Å²) < 4.78 is 22.3. The highest BCUT2D eigenvalue weighted by atomic mass is 32.4. The third kappa shape index (κ3) is 2.40. The van der Waals surface area contributed by atoms with E-state index >= 15 is 0 Å². The average molecular weight is 182 g/mol. The predicted octanol–water partition coefficient (Wildman–Crippen LogP) is 0.228. The maximum atomic E-state index is 11.2. The van der Waals surface area contributed by atoms with Crippen LogP contribution < -0.4 is 0 Å². The Morgan fingerprint density at radius 1 is 1.30 bits per heavy atom. The third-order valence-electron chi connectivity index (χ3n) is 1.29. The molecule has 0 atom stereocenters. The van der Waals surface area contributed by atoms with Crippen LogP contribution in [0.2, 0.25) is 19.6 Å². The van der Waals surface area contributed by atoms with E-state index in [1.165, 1.54) is 0 Å². The molecule has 0 spiro atoms. The first-order valence-corrected chi connectivity index (χ1v) is 9.02. The smallest absolute Gasteiger partial charge is 0.186 e. The van der Waals surface area contributed by atoms with Crippen molar-refractivity contribution in [3.05, 3.63) is 0 Å². The van der Waals surface area contributed by atoms with E-state index < -0.39 is 16.5 Å². The summed E-state index contributed by atoms with van der Waals surface area (Å²) in [7, 11) is -5.05. The zero-order valence-electron chi connectivity index (χ0n) is 6.59. The number of hydrogen-bond acceptors (Lipinski definition) is 3. The summed E-state index contributed by atoms with van der Waals surface area (Å²) in [4.78, 5) is 0. The Bertz CT molecular complexity index is 189. The van der Waals surface area contributed by atoms with Crippen molar-refractivity contribution in [1.82, 2.24) is 0 Å². The molecule has 0 aliphatic heterocycles. The molecule has 0 radical (unpaired) electrons. The van der Waals surface area contributed by atoms with E-state index in [1.54, 1.807) is 19.6 Å². The van der Waals surface area contributed by atoms with Gasteiger partial charge in [0.2, 0.25) is 0 Å². The van der Waals surface area contributed by atoms with Crippen molar-refractivity contribution in [1.29, 1.82) is 0 Å². The van der Waals surface area contributed by atoms with Gasteiger partial charge in [-0.15, -0.1) is 0 Å². The van der Waals surface area contributed by atoms with E-state index in [1.807, 2.05) is 0 Å². The number of hydrogen-bond donors (Lipinski definition) is 1. The molecule has 0 aromatic heterocycles. The SMILES string of the molecule is C[Si](C)(C)S(=O)(=O)CCO. The number of aliphatic hydroxyl groups is 1. The van der Waals surface area contributed by atoms with Crippen LogP contribution in [0.15, 0.2) is 0 Å². The summed E-state index contributed by atoms with van der Waals surface area (Å²) in [5.41, 5.74) is 0. The van der Waals surface area contributed by atoms with Gasteiger partial charge in [0.05, 0.1) is 12.4 Å². The quantitative estimate of drug-likeness (QED) is 0.636. The first-order chi connectivity index (χ1) is 4.31. The second-order valence-electron chi connectivity index (χ2n) is 3.15. The van der Waals surface area contributed by atoms with Crippen molar-refractivity contribution < 1.29 is 13.5 Å². The Morgan fingerprint density at radius 3 is 1.80 bits per heavy atom. The van der Waals surface area contributed by atoms with Crippen LogP contribution in [0.4, 0.5) is 0 Å². The largest absolute Gasteiger partial charge is 0.395 e. The molecule has 0 aliphatic carbocycles. The minimum Gasteiger partial charge on any atom is -0.395 e. The second kappa shape index (κ2) is 3.02. The van der Waals surface area contributed by atoms with Crippen LogP contribution in [-0.4, -0.2) is 33.1 Å². The molecule has 10 heavy (non-hydrogen) atoms. The van der Waals surface area contributed by atoms with Crippen molar-refractivity contribution in [2.75, 3.05) is 12.4 Å².